The molecule has 0 aromatic carbocycles. The van der Waals surface area contributed by atoms with E-state index < -0.39 is 5.97 Å². The third-order valence-electron chi connectivity index (χ3n) is 2.99. The lowest BCUT2D eigenvalue weighted by Crippen LogP contribution is -2.34. The van der Waals surface area contributed by atoms with Gasteiger partial charge in [0.2, 0.25) is 0 Å². The fourth-order valence-electron chi connectivity index (χ4n) is 2.07. The fourth-order valence-corrected chi connectivity index (χ4v) is 2.07. The minimum atomic E-state index is -0.775. The van der Waals surface area contributed by atoms with Crippen molar-refractivity contribution in [3.63, 3.8) is 0 Å². The van der Waals surface area contributed by atoms with Gasteiger partial charge in [-0.3, -0.25) is 4.90 Å². The number of rotatable bonds is 4. The van der Waals surface area contributed by atoms with Crippen molar-refractivity contribution in [1.82, 2.24) is 4.90 Å². The van der Waals surface area contributed by atoms with Gasteiger partial charge in [-0.2, -0.15) is 0 Å². The highest BCUT2D eigenvalue weighted by Gasteiger charge is 2.15. The number of carboxylic acid groups (broad SMARTS) is 1. The molecule has 1 saturated heterocycles. The van der Waals surface area contributed by atoms with Crippen LogP contribution in [-0.4, -0.2) is 35.6 Å². The maximum absolute atomic E-state index is 10.8. The Morgan fingerprint density at radius 3 is 2.87 bits per heavy atom. The van der Waals surface area contributed by atoms with Crippen LogP contribution in [0.1, 0.15) is 33.1 Å². The standard InChI is InChI=1S/C12H21NO2/c1-3-11(12(14)15)6-8-13-7-4-5-10(2)9-13/h6,10H,3-5,7-9H2,1-2H3,(H,14,15). The first kappa shape index (κ1) is 12.2. The summed E-state index contributed by atoms with van der Waals surface area (Å²) in [5.41, 5.74) is 0.535. The van der Waals surface area contributed by atoms with E-state index in [1.807, 2.05) is 13.0 Å². The zero-order valence-corrected chi connectivity index (χ0v) is 9.70. The van der Waals surface area contributed by atoms with E-state index in [2.05, 4.69) is 11.8 Å². The van der Waals surface area contributed by atoms with Gasteiger partial charge in [0.05, 0.1) is 0 Å². The van der Waals surface area contributed by atoms with Gasteiger partial charge >= 0.3 is 5.97 Å². The van der Waals surface area contributed by atoms with E-state index in [0.29, 0.717) is 12.0 Å². The van der Waals surface area contributed by atoms with Crippen LogP contribution >= 0.6 is 0 Å². The predicted molar refractivity (Wildman–Crippen MR) is 60.8 cm³/mol. The first-order chi connectivity index (χ1) is 7.13. The first-order valence-corrected chi connectivity index (χ1v) is 5.78. The van der Waals surface area contributed by atoms with E-state index in [9.17, 15) is 4.79 Å². The molecule has 0 radical (unpaired) electrons. The van der Waals surface area contributed by atoms with Crippen LogP contribution in [0.4, 0.5) is 0 Å². The van der Waals surface area contributed by atoms with Crippen LogP contribution in [0.2, 0.25) is 0 Å². The summed E-state index contributed by atoms with van der Waals surface area (Å²) in [5, 5.41) is 8.87. The molecule has 15 heavy (non-hydrogen) atoms. The Bertz CT molecular complexity index is 248. The molecule has 0 aromatic heterocycles. The van der Waals surface area contributed by atoms with Gasteiger partial charge in [0.15, 0.2) is 0 Å². The third kappa shape index (κ3) is 4.04. The van der Waals surface area contributed by atoms with Crippen LogP contribution in [0.5, 0.6) is 0 Å². The molecule has 1 aliphatic rings. The van der Waals surface area contributed by atoms with Crippen LogP contribution < -0.4 is 0 Å². The summed E-state index contributed by atoms with van der Waals surface area (Å²) in [6.07, 6.45) is 5.02. The van der Waals surface area contributed by atoms with E-state index in [4.69, 9.17) is 5.11 Å². The van der Waals surface area contributed by atoms with E-state index in [1.54, 1.807) is 0 Å². The normalized spacial score (nSPS) is 24.1. The summed E-state index contributed by atoms with van der Waals surface area (Å²) >= 11 is 0. The van der Waals surface area contributed by atoms with Gasteiger partial charge in [0.1, 0.15) is 0 Å². The van der Waals surface area contributed by atoms with Crippen molar-refractivity contribution in [2.24, 2.45) is 5.92 Å². The Morgan fingerprint density at radius 1 is 1.60 bits per heavy atom. The Kier molecular flexibility index (Phi) is 4.82. The molecule has 1 N–H and O–H groups in total. The van der Waals surface area contributed by atoms with Crippen molar-refractivity contribution in [3.05, 3.63) is 11.6 Å². The second kappa shape index (κ2) is 5.91. The van der Waals surface area contributed by atoms with Crippen molar-refractivity contribution in [1.29, 1.82) is 0 Å². The van der Waals surface area contributed by atoms with Gasteiger partial charge in [0.25, 0.3) is 0 Å². The minimum Gasteiger partial charge on any atom is -0.478 e. The van der Waals surface area contributed by atoms with Gasteiger partial charge in [-0.1, -0.05) is 19.9 Å². The summed E-state index contributed by atoms with van der Waals surface area (Å²) in [6, 6.07) is 0. The molecular weight excluding hydrogens is 190 g/mol. The van der Waals surface area contributed by atoms with Crippen LogP contribution in [0.25, 0.3) is 0 Å². The van der Waals surface area contributed by atoms with Crippen molar-refractivity contribution >= 4 is 5.97 Å². The number of carboxylic acids is 1. The molecule has 0 amide bonds. The fraction of sp³-hybridized carbons (Fsp3) is 0.750. The maximum Gasteiger partial charge on any atom is 0.331 e. The number of hydrogen-bond donors (Lipinski definition) is 1. The van der Waals surface area contributed by atoms with Crippen LogP contribution in [0.3, 0.4) is 0 Å². The van der Waals surface area contributed by atoms with E-state index in [-0.39, 0.29) is 0 Å². The lowest BCUT2D eigenvalue weighted by molar-refractivity contribution is -0.132. The molecule has 1 unspecified atom stereocenters. The van der Waals surface area contributed by atoms with Gasteiger partial charge in [0, 0.05) is 18.7 Å². The molecule has 0 aliphatic carbocycles. The first-order valence-electron chi connectivity index (χ1n) is 5.78. The molecule has 1 heterocycles. The second-order valence-electron chi connectivity index (χ2n) is 4.40. The average molecular weight is 211 g/mol. The van der Waals surface area contributed by atoms with Crippen molar-refractivity contribution in [3.8, 4) is 0 Å². The SMILES string of the molecule is CCC(=CCN1CCCC(C)C1)C(=O)O. The zero-order chi connectivity index (χ0) is 11.3. The summed E-state index contributed by atoms with van der Waals surface area (Å²) in [6.45, 7) is 7.15. The summed E-state index contributed by atoms with van der Waals surface area (Å²) in [7, 11) is 0. The molecule has 1 fully saturated rings. The van der Waals surface area contributed by atoms with Gasteiger partial charge in [-0.05, 0) is 31.7 Å². The third-order valence-corrected chi connectivity index (χ3v) is 2.99. The smallest absolute Gasteiger partial charge is 0.331 e. The molecule has 1 aliphatic heterocycles. The maximum atomic E-state index is 10.8. The molecule has 1 atom stereocenters. The van der Waals surface area contributed by atoms with E-state index in [0.717, 1.165) is 25.6 Å². The van der Waals surface area contributed by atoms with Crippen LogP contribution in [-0.2, 0) is 4.79 Å². The van der Waals surface area contributed by atoms with Crippen molar-refractivity contribution in [2.45, 2.75) is 33.1 Å². The van der Waals surface area contributed by atoms with Gasteiger partial charge < -0.3 is 5.11 Å². The van der Waals surface area contributed by atoms with E-state index >= 15 is 0 Å². The number of aliphatic carboxylic acids is 1. The zero-order valence-electron chi connectivity index (χ0n) is 9.70. The Hall–Kier alpha value is -0.830. The topological polar surface area (TPSA) is 40.5 Å². The molecule has 0 spiro atoms. The Balaban J connectivity index is 2.43. The molecule has 3 heteroatoms. The molecular formula is C12H21NO2. The number of nitrogens with zero attached hydrogens (tertiary/aromatic N) is 1. The molecule has 3 nitrogen and oxygen atoms in total. The lowest BCUT2D eigenvalue weighted by Gasteiger charge is -2.29. The molecule has 0 bridgehead atoms. The van der Waals surface area contributed by atoms with Crippen molar-refractivity contribution < 1.29 is 9.90 Å². The van der Waals surface area contributed by atoms with Crippen molar-refractivity contribution in [2.75, 3.05) is 19.6 Å². The lowest BCUT2D eigenvalue weighted by atomic mass is 10.0. The molecule has 1 rings (SSSR count). The summed E-state index contributed by atoms with van der Waals surface area (Å²) < 4.78 is 0. The largest absolute Gasteiger partial charge is 0.478 e. The summed E-state index contributed by atoms with van der Waals surface area (Å²) in [4.78, 5) is 13.1. The Labute approximate surface area is 91.8 Å². The quantitative estimate of drug-likeness (QED) is 0.724. The minimum absolute atomic E-state index is 0.535. The highest BCUT2D eigenvalue weighted by atomic mass is 16.4. The highest BCUT2D eigenvalue weighted by Crippen LogP contribution is 2.15. The van der Waals surface area contributed by atoms with Gasteiger partial charge in [-0.25, -0.2) is 4.79 Å². The Morgan fingerprint density at radius 2 is 2.33 bits per heavy atom. The number of piperidine rings is 1. The van der Waals surface area contributed by atoms with E-state index in [1.165, 1.54) is 12.8 Å². The highest BCUT2D eigenvalue weighted by molar-refractivity contribution is 5.86. The molecule has 0 aromatic rings. The predicted octanol–water partition coefficient (Wildman–Crippen LogP) is 2.14. The molecule has 0 saturated carbocycles. The van der Waals surface area contributed by atoms with Crippen LogP contribution in [0, 0.1) is 5.92 Å². The van der Waals surface area contributed by atoms with Gasteiger partial charge in [-0.15, -0.1) is 0 Å². The van der Waals surface area contributed by atoms with Crippen LogP contribution in [0.15, 0.2) is 11.6 Å². The number of carbonyl (C=O) groups is 1. The number of likely N-dealkylation sites (tertiary alicyclic amines) is 1. The second-order valence-corrected chi connectivity index (χ2v) is 4.40. The summed E-state index contributed by atoms with van der Waals surface area (Å²) in [5.74, 6) is -0.0235. The average Bonchev–Trinajstić information content (AvgIpc) is 2.18. The number of hydrogen-bond acceptors (Lipinski definition) is 2. The molecule has 86 valence electrons. The monoisotopic (exact) mass is 211 g/mol.